The third-order valence-corrected chi connectivity index (χ3v) is 2.64. The van der Waals surface area contributed by atoms with Crippen LogP contribution in [0.15, 0.2) is 36.4 Å². The SMILES string of the molecule is O=[N+]([O-])c1c(O)cc(O)cc1C=Cc1ccc(O)cc1. The first-order valence-corrected chi connectivity index (χ1v) is 5.65. The molecule has 0 unspecified atom stereocenters. The van der Waals surface area contributed by atoms with E-state index < -0.39 is 16.4 Å². The minimum Gasteiger partial charge on any atom is -0.508 e. The average molecular weight is 273 g/mol. The molecule has 0 bridgehead atoms. The van der Waals surface area contributed by atoms with Crippen molar-refractivity contribution in [2.75, 3.05) is 0 Å². The van der Waals surface area contributed by atoms with E-state index in [1.165, 1.54) is 24.3 Å². The molecular weight excluding hydrogens is 262 g/mol. The van der Waals surface area contributed by atoms with Crippen molar-refractivity contribution in [3.8, 4) is 17.2 Å². The van der Waals surface area contributed by atoms with E-state index in [4.69, 9.17) is 5.11 Å². The molecule has 0 aromatic heterocycles. The quantitative estimate of drug-likeness (QED) is 0.453. The number of hydrogen-bond acceptors (Lipinski definition) is 5. The maximum Gasteiger partial charge on any atom is 0.318 e. The van der Waals surface area contributed by atoms with Crippen molar-refractivity contribution in [2.24, 2.45) is 0 Å². The molecule has 6 heteroatoms. The van der Waals surface area contributed by atoms with Gasteiger partial charge in [0.25, 0.3) is 0 Å². The summed E-state index contributed by atoms with van der Waals surface area (Å²) in [6.07, 6.45) is 2.98. The molecule has 0 atom stereocenters. The predicted molar refractivity (Wildman–Crippen MR) is 73.5 cm³/mol. The normalized spacial score (nSPS) is 10.8. The second-order valence-corrected chi connectivity index (χ2v) is 4.08. The molecule has 0 fully saturated rings. The van der Waals surface area contributed by atoms with Crippen molar-refractivity contribution in [1.29, 1.82) is 0 Å². The number of nitrogens with zero attached hydrogens (tertiary/aromatic N) is 1. The zero-order valence-corrected chi connectivity index (χ0v) is 10.2. The second-order valence-electron chi connectivity index (χ2n) is 4.08. The summed E-state index contributed by atoms with van der Waals surface area (Å²) >= 11 is 0. The molecule has 0 saturated carbocycles. The first-order chi connectivity index (χ1) is 9.47. The predicted octanol–water partition coefficient (Wildman–Crippen LogP) is 2.88. The summed E-state index contributed by atoms with van der Waals surface area (Å²) in [5.41, 5.74) is 0.318. The van der Waals surface area contributed by atoms with Crippen LogP contribution in [0.1, 0.15) is 11.1 Å². The Morgan fingerprint density at radius 2 is 1.60 bits per heavy atom. The summed E-state index contributed by atoms with van der Waals surface area (Å²) in [7, 11) is 0. The van der Waals surface area contributed by atoms with Gasteiger partial charge in [0, 0.05) is 6.07 Å². The summed E-state index contributed by atoms with van der Waals surface area (Å²) in [6.45, 7) is 0. The van der Waals surface area contributed by atoms with E-state index in [0.717, 1.165) is 6.07 Å². The molecule has 102 valence electrons. The van der Waals surface area contributed by atoms with E-state index in [1.54, 1.807) is 18.2 Å². The largest absolute Gasteiger partial charge is 0.508 e. The topological polar surface area (TPSA) is 104 Å². The molecule has 6 nitrogen and oxygen atoms in total. The Labute approximate surface area is 114 Å². The monoisotopic (exact) mass is 273 g/mol. The Balaban J connectivity index is 2.42. The van der Waals surface area contributed by atoms with Crippen LogP contribution in [0.2, 0.25) is 0 Å². The second kappa shape index (κ2) is 5.31. The molecular formula is C14H11NO5. The van der Waals surface area contributed by atoms with Crippen molar-refractivity contribution in [1.82, 2.24) is 0 Å². The maximum absolute atomic E-state index is 10.9. The number of hydrogen-bond donors (Lipinski definition) is 3. The maximum atomic E-state index is 10.9. The van der Waals surface area contributed by atoms with E-state index >= 15 is 0 Å². The van der Waals surface area contributed by atoms with Crippen LogP contribution in [-0.4, -0.2) is 20.2 Å². The molecule has 0 aliphatic carbocycles. The third-order valence-electron chi connectivity index (χ3n) is 2.64. The summed E-state index contributed by atoms with van der Waals surface area (Å²) in [5.74, 6) is -0.748. The molecule has 0 radical (unpaired) electrons. The highest BCUT2D eigenvalue weighted by Crippen LogP contribution is 2.35. The first kappa shape index (κ1) is 13.4. The molecule has 20 heavy (non-hydrogen) atoms. The van der Waals surface area contributed by atoms with Crippen molar-refractivity contribution >= 4 is 17.8 Å². The number of benzene rings is 2. The van der Waals surface area contributed by atoms with Crippen LogP contribution in [-0.2, 0) is 0 Å². The summed E-state index contributed by atoms with van der Waals surface area (Å²) < 4.78 is 0. The van der Waals surface area contributed by atoms with Crippen LogP contribution in [0.3, 0.4) is 0 Å². The van der Waals surface area contributed by atoms with E-state index in [1.807, 2.05) is 0 Å². The molecule has 0 aliphatic heterocycles. The van der Waals surface area contributed by atoms with E-state index in [9.17, 15) is 20.3 Å². The van der Waals surface area contributed by atoms with E-state index in [0.29, 0.717) is 5.56 Å². The highest BCUT2D eigenvalue weighted by molar-refractivity contribution is 5.77. The molecule has 0 heterocycles. The van der Waals surface area contributed by atoms with Gasteiger partial charge in [0.15, 0.2) is 5.75 Å². The van der Waals surface area contributed by atoms with Gasteiger partial charge in [0.1, 0.15) is 11.5 Å². The molecule has 0 amide bonds. The highest BCUT2D eigenvalue weighted by atomic mass is 16.6. The average Bonchev–Trinajstić information content (AvgIpc) is 2.36. The first-order valence-electron chi connectivity index (χ1n) is 5.65. The lowest BCUT2D eigenvalue weighted by molar-refractivity contribution is -0.386. The fourth-order valence-electron chi connectivity index (χ4n) is 1.72. The Hall–Kier alpha value is -3.02. The number of aromatic hydroxyl groups is 3. The Morgan fingerprint density at radius 1 is 0.950 bits per heavy atom. The third kappa shape index (κ3) is 2.86. The Bertz CT molecular complexity index is 677. The molecule has 2 aromatic carbocycles. The van der Waals surface area contributed by atoms with Crippen molar-refractivity contribution < 1.29 is 20.2 Å². The lowest BCUT2D eigenvalue weighted by atomic mass is 10.1. The van der Waals surface area contributed by atoms with E-state index in [2.05, 4.69) is 0 Å². The molecule has 0 spiro atoms. The van der Waals surface area contributed by atoms with Gasteiger partial charge in [-0.3, -0.25) is 10.1 Å². The summed E-state index contributed by atoms with van der Waals surface area (Å²) in [5, 5.41) is 39.0. The van der Waals surface area contributed by atoms with Crippen LogP contribution >= 0.6 is 0 Å². The molecule has 0 saturated heterocycles. The fraction of sp³-hybridized carbons (Fsp3) is 0. The van der Waals surface area contributed by atoms with Gasteiger partial charge in [-0.25, -0.2) is 0 Å². The van der Waals surface area contributed by atoms with Gasteiger partial charge in [-0.2, -0.15) is 0 Å². The number of phenols is 3. The standard InChI is InChI=1S/C14H11NO5/c16-11-5-2-9(3-6-11)1-4-10-7-12(17)8-13(18)14(10)15(19)20/h1-8,16-18H. The molecule has 2 aromatic rings. The van der Waals surface area contributed by atoms with Crippen LogP contribution < -0.4 is 0 Å². The van der Waals surface area contributed by atoms with Crippen molar-refractivity contribution in [3.63, 3.8) is 0 Å². The van der Waals surface area contributed by atoms with Crippen LogP contribution in [0.4, 0.5) is 5.69 Å². The number of phenolic OH excluding ortho intramolecular Hbond substituents is 3. The smallest absolute Gasteiger partial charge is 0.318 e. The van der Waals surface area contributed by atoms with Gasteiger partial charge in [0.2, 0.25) is 0 Å². The number of nitro benzene ring substituents is 1. The lowest BCUT2D eigenvalue weighted by Crippen LogP contribution is -1.92. The van der Waals surface area contributed by atoms with Gasteiger partial charge >= 0.3 is 5.69 Å². The van der Waals surface area contributed by atoms with Gasteiger partial charge < -0.3 is 15.3 Å². The van der Waals surface area contributed by atoms with Crippen LogP contribution in [0.5, 0.6) is 17.2 Å². The van der Waals surface area contributed by atoms with Crippen molar-refractivity contribution in [3.05, 3.63) is 57.6 Å². The van der Waals surface area contributed by atoms with Crippen molar-refractivity contribution in [2.45, 2.75) is 0 Å². The number of rotatable bonds is 3. The zero-order chi connectivity index (χ0) is 14.7. The summed E-state index contributed by atoms with van der Waals surface area (Å²) in [4.78, 5) is 10.2. The molecule has 0 aliphatic rings. The minimum atomic E-state index is -0.717. The van der Waals surface area contributed by atoms with Gasteiger partial charge in [-0.15, -0.1) is 0 Å². The summed E-state index contributed by atoms with van der Waals surface area (Å²) in [6, 6.07) is 8.31. The highest BCUT2D eigenvalue weighted by Gasteiger charge is 2.19. The van der Waals surface area contributed by atoms with Gasteiger partial charge in [-0.1, -0.05) is 18.2 Å². The number of nitro groups is 1. The zero-order valence-electron chi connectivity index (χ0n) is 10.2. The minimum absolute atomic E-state index is 0.0839. The Kier molecular flexibility index (Phi) is 3.56. The molecule has 3 N–H and O–H groups in total. The lowest BCUT2D eigenvalue weighted by Gasteiger charge is -2.02. The van der Waals surface area contributed by atoms with Gasteiger partial charge in [0.05, 0.1) is 10.5 Å². The van der Waals surface area contributed by atoms with Crippen LogP contribution in [0, 0.1) is 10.1 Å². The van der Waals surface area contributed by atoms with E-state index in [-0.39, 0.29) is 17.1 Å². The van der Waals surface area contributed by atoms with Crippen LogP contribution in [0.25, 0.3) is 12.2 Å². The fourth-order valence-corrected chi connectivity index (χ4v) is 1.72. The van der Waals surface area contributed by atoms with Gasteiger partial charge in [-0.05, 0) is 29.8 Å². The Morgan fingerprint density at radius 3 is 2.20 bits per heavy atom. The molecule has 2 rings (SSSR count).